The molecule has 112 valence electrons. The lowest BCUT2D eigenvalue weighted by Gasteiger charge is -2.30. The van der Waals surface area contributed by atoms with Crippen LogP contribution in [-0.2, 0) is 0 Å². The van der Waals surface area contributed by atoms with Gasteiger partial charge in [0.15, 0.2) is 0 Å². The van der Waals surface area contributed by atoms with Crippen LogP contribution < -0.4 is 4.74 Å². The van der Waals surface area contributed by atoms with Gasteiger partial charge in [-0.2, -0.15) is 4.98 Å². The topological polar surface area (TPSA) is 68.5 Å². The van der Waals surface area contributed by atoms with Crippen LogP contribution >= 0.6 is 11.6 Å². The first-order chi connectivity index (χ1) is 9.32. The van der Waals surface area contributed by atoms with Gasteiger partial charge in [0.05, 0.1) is 4.92 Å². The number of nitrogens with zero attached hydrogens (tertiary/aromatic N) is 3. The van der Waals surface area contributed by atoms with E-state index in [1.165, 1.54) is 12.1 Å². The summed E-state index contributed by atoms with van der Waals surface area (Å²) in [5.74, 6) is -0.0324. The fourth-order valence-corrected chi connectivity index (χ4v) is 2.16. The van der Waals surface area contributed by atoms with E-state index in [1.807, 2.05) is 0 Å². The maximum atomic E-state index is 10.9. The lowest BCUT2D eigenvalue weighted by molar-refractivity contribution is -0.386. The molecular weight excluding hydrogens is 282 g/mol. The summed E-state index contributed by atoms with van der Waals surface area (Å²) in [6.45, 7) is 9.38. The van der Waals surface area contributed by atoms with E-state index in [0.29, 0.717) is 25.2 Å². The number of nitro groups is 1. The van der Waals surface area contributed by atoms with Crippen LogP contribution in [0.25, 0.3) is 0 Å². The van der Waals surface area contributed by atoms with E-state index in [2.05, 4.69) is 37.6 Å². The molecule has 0 aliphatic carbocycles. The molecule has 7 heteroatoms. The van der Waals surface area contributed by atoms with E-state index < -0.39 is 4.92 Å². The number of ether oxygens (including phenoxy) is 1. The molecule has 0 N–H and O–H groups in total. The molecular formula is C13H20ClN3O3. The Morgan fingerprint density at radius 3 is 2.45 bits per heavy atom. The number of aromatic nitrogens is 1. The molecule has 1 rings (SSSR count). The molecule has 0 fully saturated rings. The zero-order chi connectivity index (χ0) is 15.3. The fraction of sp³-hybridized carbons (Fsp3) is 0.615. The Morgan fingerprint density at radius 2 is 1.95 bits per heavy atom. The van der Waals surface area contributed by atoms with Crippen molar-refractivity contribution in [1.29, 1.82) is 0 Å². The van der Waals surface area contributed by atoms with Crippen molar-refractivity contribution in [2.45, 2.75) is 39.8 Å². The summed E-state index contributed by atoms with van der Waals surface area (Å²) in [5.41, 5.74) is -0.171. The highest BCUT2D eigenvalue weighted by Gasteiger charge is 2.18. The van der Waals surface area contributed by atoms with Crippen molar-refractivity contribution in [2.75, 3.05) is 13.2 Å². The third kappa shape index (κ3) is 4.61. The lowest BCUT2D eigenvalue weighted by Crippen LogP contribution is -2.39. The first kappa shape index (κ1) is 16.7. The average molecular weight is 302 g/mol. The van der Waals surface area contributed by atoms with Crippen LogP contribution in [0.4, 0.5) is 5.69 Å². The van der Waals surface area contributed by atoms with Gasteiger partial charge in [-0.05, 0) is 33.8 Å². The van der Waals surface area contributed by atoms with Crippen molar-refractivity contribution in [3.63, 3.8) is 0 Å². The zero-order valence-electron chi connectivity index (χ0n) is 12.2. The van der Waals surface area contributed by atoms with Crippen LogP contribution in [0.1, 0.15) is 27.7 Å². The van der Waals surface area contributed by atoms with Gasteiger partial charge in [0.1, 0.15) is 11.8 Å². The molecule has 1 heterocycles. The van der Waals surface area contributed by atoms with Crippen LogP contribution in [0.3, 0.4) is 0 Å². The van der Waals surface area contributed by atoms with Crippen molar-refractivity contribution in [3.8, 4) is 5.88 Å². The second-order valence-corrected chi connectivity index (χ2v) is 5.38. The van der Waals surface area contributed by atoms with Crippen LogP contribution in [0.2, 0.25) is 5.15 Å². The molecule has 0 radical (unpaired) electrons. The van der Waals surface area contributed by atoms with E-state index in [4.69, 9.17) is 16.3 Å². The molecule has 0 atom stereocenters. The zero-order valence-corrected chi connectivity index (χ0v) is 12.9. The van der Waals surface area contributed by atoms with Crippen LogP contribution in [0.5, 0.6) is 5.88 Å². The third-order valence-electron chi connectivity index (χ3n) is 2.92. The minimum absolute atomic E-state index is 0.0324. The van der Waals surface area contributed by atoms with E-state index in [9.17, 15) is 10.1 Å². The Morgan fingerprint density at radius 1 is 1.35 bits per heavy atom. The quantitative estimate of drug-likeness (QED) is 0.439. The summed E-state index contributed by atoms with van der Waals surface area (Å²) in [7, 11) is 0. The van der Waals surface area contributed by atoms with Crippen LogP contribution in [0, 0.1) is 10.1 Å². The lowest BCUT2D eigenvalue weighted by atomic mass is 10.2. The molecule has 0 bridgehead atoms. The number of pyridine rings is 1. The van der Waals surface area contributed by atoms with Gasteiger partial charge in [0, 0.05) is 24.7 Å². The van der Waals surface area contributed by atoms with E-state index >= 15 is 0 Å². The predicted octanol–water partition coefficient (Wildman–Crippen LogP) is 3.14. The molecule has 0 spiro atoms. The molecule has 1 aromatic heterocycles. The van der Waals surface area contributed by atoms with Crippen molar-refractivity contribution < 1.29 is 9.66 Å². The normalized spacial score (nSPS) is 11.4. The number of hydrogen-bond donors (Lipinski definition) is 0. The Kier molecular flexibility index (Phi) is 6.16. The van der Waals surface area contributed by atoms with Gasteiger partial charge in [0.2, 0.25) is 0 Å². The van der Waals surface area contributed by atoms with Gasteiger partial charge in [-0.25, -0.2) is 0 Å². The molecule has 0 saturated heterocycles. The Labute approximate surface area is 123 Å². The summed E-state index contributed by atoms with van der Waals surface area (Å²) in [6.07, 6.45) is 0. The van der Waals surface area contributed by atoms with Gasteiger partial charge in [-0.3, -0.25) is 15.0 Å². The Hall–Kier alpha value is -1.40. The second-order valence-electron chi connectivity index (χ2n) is 4.99. The first-order valence-electron chi connectivity index (χ1n) is 6.52. The van der Waals surface area contributed by atoms with E-state index in [-0.39, 0.29) is 16.7 Å². The van der Waals surface area contributed by atoms with Crippen molar-refractivity contribution in [2.24, 2.45) is 0 Å². The molecule has 0 amide bonds. The predicted molar refractivity (Wildman–Crippen MR) is 78.4 cm³/mol. The monoisotopic (exact) mass is 301 g/mol. The smallest absolute Gasteiger partial charge is 0.331 e. The maximum absolute atomic E-state index is 10.9. The summed E-state index contributed by atoms with van der Waals surface area (Å²) in [4.78, 5) is 16.4. The van der Waals surface area contributed by atoms with Crippen molar-refractivity contribution >= 4 is 17.3 Å². The molecule has 0 aliphatic heterocycles. The van der Waals surface area contributed by atoms with Crippen LogP contribution in [-0.4, -0.2) is 40.0 Å². The summed E-state index contributed by atoms with van der Waals surface area (Å²) < 4.78 is 5.43. The van der Waals surface area contributed by atoms with Gasteiger partial charge < -0.3 is 4.74 Å². The molecule has 0 aliphatic rings. The van der Waals surface area contributed by atoms with Gasteiger partial charge in [-0.1, -0.05) is 11.6 Å². The average Bonchev–Trinajstić information content (AvgIpc) is 2.33. The molecule has 20 heavy (non-hydrogen) atoms. The molecule has 0 saturated carbocycles. The Balaban J connectivity index is 2.70. The first-order valence-corrected chi connectivity index (χ1v) is 6.90. The van der Waals surface area contributed by atoms with Crippen LogP contribution in [0.15, 0.2) is 12.1 Å². The molecule has 6 nitrogen and oxygen atoms in total. The number of hydrogen-bond acceptors (Lipinski definition) is 5. The summed E-state index contributed by atoms with van der Waals surface area (Å²) in [6, 6.07) is 3.43. The van der Waals surface area contributed by atoms with Gasteiger partial charge in [-0.15, -0.1) is 0 Å². The highest BCUT2D eigenvalue weighted by atomic mass is 35.5. The molecule has 0 aromatic carbocycles. The standard InChI is InChI=1S/C13H20ClN3O3/c1-9(2)16(10(3)4)7-8-20-13-11(17(18)19)5-6-12(14)15-13/h5-6,9-10H,7-8H2,1-4H3. The molecule has 0 unspecified atom stereocenters. The maximum Gasteiger partial charge on any atom is 0.331 e. The third-order valence-corrected chi connectivity index (χ3v) is 3.13. The van der Waals surface area contributed by atoms with E-state index in [1.54, 1.807) is 0 Å². The van der Waals surface area contributed by atoms with E-state index in [0.717, 1.165) is 0 Å². The highest BCUT2D eigenvalue weighted by Crippen LogP contribution is 2.26. The summed E-state index contributed by atoms with van der Waals surface area (Å²) >= 11 is 5.74. The fourth-order valence-electron chi connectivity index (χ4n) is 2.02. The van der Waals surface area contributed by atoms with Gasteiger partial charge >= 0.3 is 5.69 Å². The largest absolute Gasteiger partial charge is 0.471 e. The van der Waals surface area contributed by atoms with Gasteiger partial charge in [0.25, 0.3) is 5.88 Å². The Bertz CT molecular complexity index is 458. The minimum Gasteiger partial charge on any atom is -0.471 e. The highest BCUT2D eigenvalue weighted by molar-refractivity contribution is 6.29. The van der Waals surface area contributed by atoms with Crippen molar-refractivity contribution in [1.82, 2.24) is 9.88 Å². The number of rotatable bonds is 7. The summed E-state index contributed by atoms with van der Waals surface area (Å²) in [5, 5.41) is 11.1. The SMILES string of the molecule is CC(C)N(CCOc1nc(Cl)ccc1[N+](=O)[O-])C(C)C. The van der Waals surface area contributed by atoms with Crippen molar-refractivity contribution in [3.05, 3.63) is 27.4 Å². The second kappa shape index (κ2) is 7.40. The minimum atomic E-state index is -0.526. The number of halogens is 1. The molecule has 1 aromatic rings.